The van der Waals surface area contributed by atoms with E-state index in [9.17, 15) is 9.59 Å². The maximum atomic E-state index is 12.2. The largest absolute Gasteiger partial charge is 0.457 e. The van der Waals surface area contributed by atoms with Crippen LogP contribution in [0, 0.1) is 0 Å². The molecule has 0 aliphatic heterocycles. The Kier molecular flexibility index (Phi) is 4.93. The lowest BCUT2D eigenvalue weighted by atomic mass is 10.2. The van der Waals surface area contributed by atoms with Crippen LogP contribution >= 0.6 is 0 Å². The molecule has 0 spiro atoms. The molecule has 6 rings (SSSR count). The molecule has 0 radical (unpaired) electrons. The summed E-state index contributed by atoms with van der Waals surface area (Å²) in [6.45, 7) is 0. The van der Waals surface area contributed by atoms with Gasteiger partial charge in [0, 0.05) is 11.1 Å². The molecule has 0 aliphatic rings. The zero-order chi connectivity index (χ0) is 23.8. The first-order valence-electron chi connectivity index (χ1n) is 10.8. The van der Waals surface area contributed by atoms with Gasteiger partial charge in [0.15, 0.2) is 0 Å². The van der Waals surface area contributed by atoms with E-state index >= 15 is 0 Å². The minimum Gasteiger partial charge on any atom is -0.457 e. The first-order chi connectivity index (χ1) is 17.1. The molecule has 35 heavy (non-hydrogen) atoms. The fourth-order valence-corrected chi connectivity index (χ4v) is 3.75. The molecule has 0 bridgehead atoms. The predicted octanol–water partition coefficient (Wildman–Crippen LogP) is 5.82. The summed E-state index contributed by atoms with van der Waals surface area (Å²) in [5.74, 6) is 1.68. The standard InChI is InChI=1S/C28H16N2O5/c31-27-21-5-1-3-7-23(21)29-25(34-27)17-9-13-19(14-10-17)33-20-15-11-18(12-16-20)26-30-24-8-4-2-6-22(24)28(32)35-26/h1-16H. The van der Waals surface area contributed by atoms with Gasteiger partial charge in [0.05, 0.1) is 21.8 Å². The van der Waals surface area contributed by atoms with Gasteiger partial charge in [-0.2, -0.15) is 0 Å². The number of hydrogen-bond donors (Lipinski definition) is 0. The monoisotopic (exact) mass is 460 g/mol. The van der Waals surface area contributed by atoms with E-state index in [1.165, 1.54) is 0 Å². The topological polar surface area (TPSA) is 95.4 Å². The highest BCUT2D eigenvalue weighted by Crippen LogP contribution is 2.27. The van der Waals surface area contributed by atoms with Crippen LogP contribution in [0.25, 0.3) is 44.7 Å². The molecule has 6 aromatic rings. The van der Waals surface area contributed by atoms with Gasteiger partial charge < -0.3 is 13.6 Å². The Labute approximate surface area is 197 Å². The van der Waals surface area contributed by atoms with Crippen molar-refractivity contribution in [2.45, 2.75) is 0 Å². The summed E-state index contributed by atoms with van der Waals surface area (Å²) >= 11 is 0. The molecule has 0 N–H and O–H groups in total. The Hall–Kier alpha value is -5.04. The van der Waals surface area contributed by atoms with Gasteiger partial charge in [0.1, 0.15) is 11.5 Å². The molecular formula is C28H16N2O5. The van der Waals surface area contributed by atoms with E-state index in [0.29, 0.717) is 44.4 Å². The lowest BCUT2D eigenvalue weighted by Crippen LogP contribution is -2.02. The zero-order valence-corrected chi connectivity index (χ0v) is 18.2. The summed E-state index contributed by atoms with van der Waals surface area (Å²) in [7, 11) is 0. The maximum Gasteiger partial charge on any atom is 0.347 e. The molecule has 7 heteroatoms. The quantitative estimate of drug-likeness (QED) is 0.327. The Morgan fingerprint density at radius 1 is 0.514 bits per heavy atom. The summed E-state index contributed by atoms with van der Waals surface area (Å²) in [4.78, 5) is 33.3. The Morgan fingerprint density at radius 2 is 0.914 bits per heavy atom. The highest BCUT2D eigenvalue weighted by atomic mass is 16.5. The van der Waals surface area contributed by atoms with Gasteiger partial charge in [-0.15, -0.1) is 0 Å². The number of fused-ring (bicyclic) bond motifs is 2. The van der Waals surface area contributed by atoms with Gasteiger partial charge in [0.25, 0.3) is 0 Å². The van der Waals surface area contributed by atoms with E-state index in [1.807, 2.05) is 12.1 Å². The van der Waals surface area contributed by atoms with Crippen LogP contribution in [0.1, 0.15) is 0 Å². The van der Waals surface area contributed by atoms with Crippen LogP contribution in [-0.2, 0) is 0 Å². The van der Waals surface area contributed by atoms with Gasteiger partial charge in [-0.25, -0.2) is 19.6 Å². The van der Waals surface area contributed by atoms with Crippen molar-refractivity contribution in [1.82, 2.24) is 9.97 Å². The van der Waals surface area contributed by atoms with Crippen LogP contribution in [0.4, 0.5) is 0 Å². The van der Waals surface area contributed by atoms with Crippen LogP contribution < -0.4 is 16.0 Å². The number of aromatic nitrogens is 2. The maximum absolute atomic E-state index is 12.2. The van der Waals surface area contributed by atoms with Crippen molar-refractivity contribution >= 4 is 21.8 Å². The average molecular weight is 460 g/mol. The summed E-state index contributed by atoms with van der Waals surface area (Å²) in [5.41, 5.74) is 1.62. The first kappa shape index (κ1) is 20.6. The predicted molar refractivity (Wildman–Crippen MR) is 132 cm³/mol. The highest BCUT2D eigenvalue weighted by Gasteiger charge is 2.10. The van der Waals surface area contributed by atoms with Crippen LogP contribution in [0.5, 0.6) is 11.5 Å². The summed E-state index contributed by atoms with van der Waals surface area (Å²) in [5, 5.41) is 0.885. The molecule has 168 valence electrons. The Balaban J connectivity index is 1.23. The van der Waals surface area contributed by atoms with Gasteiger partial charge in [-0.3, -0.25) is 0 Å². The number of nitrogens with zero attached hydrogens (tertiary/aromatic N) is 2. The lowest BCUT2D eigenvalue weighted by molar-refractivity contribution is 0.482. The highest BCUT2D eigenvalue weighted by molar-refractivity contribution is 5.79. The second-order valence-electron chi connectivity index (χ2n) is 7.80. The van der Waals surface area contributed by atoms with Gasteiger partial charge in [-0.1, -0.05) is 24.3 Å². The third-order valence-corrected chi connectivity index (χ3v) is 5.51. The summed E-state index contributed by atoms with van der Waals surface area (Å²) in [6.07, 6.45) is 0. The lowest BCUT2D eigenvalue weighted by Gasteiger charge is -2.08. The van der Waals surface area contributed by atoms with E-state index in [2.05, 4.69) is 9.97 Å². The zero-order valence-electron chi connectivity index (χ0n) is 18.2. The first-order valence-corrected chi connectivity index (χ1v) is 10.8. The number of para-hydroxylation sites is 2. The summed E-state index contributed by atoms with van der Waals surface area (Å²) in [6, 6.07) is 28.3. The molecule has 0 saturated carbocycles. The molecule has 2 heterocycles. The molecule has 0 unspecified atom stereocenters. The third kappa shape index (κ3) is 3.95. The smallest absolute Gasteiger partial charge is 0.347 e. The number of benzene rings is 4. The fraction of sp³-hybridized carbons (Fsp3) is 0. The van der Waals surface area contributed by atoms with Gasteiger partial charge >= 0.3 is 11.3 Å². The normalized spacial score (nSPS) is 11.1. The fourth-order valence-electron chi connectivity index (χ4n) is 3.75. The molecule has 0 atom stereocenters. The van der Waals surface area contributed by atoms with E-state index in [0.717, 1.165) is 0 Å². The van der Waals surface area contributed by atoms with Gasteiger partial charge in [-0.05, 0) is 72.8 Å². The average Bonchev–Trinajstić information content (AvgIpc) is 2.89. The minimum atomic E-state index is -0.428. The molecule has 2 aromatic heterocycles. The molecule has 0 amide bonds. The van der Waals surface area contributed by atoms with E-state index in [1.54, 1.807) is 84.9 Å². The molecule has 0 fully saturated rings. The summed E-state index contributed by atoms with van der Waals surface area (Å²) < 4.78 is 16.7. The van der Waals surface area contributed by atoms with Crippen molar-refractivity contribution in [2.24, 2.45) is 0 Å². The Morgan fingerprint density at radius 3 is 1.34 bits per heavy atom. The van der Waals surface area contributed by atoms with Gasteiger partial charge in [0.2, 0.25) is 11.8 Å². The number of rotatable bonds is 4. The molecule has 4 aromatic carbocycles. The third-order valence-electron chi connectivity index (χ3n) is 5.51. The van der Waals surface area contributed by atoms with E-state index in [-0.39, 0.29) is 11.8 Å². The molecule has 7 nitrogen and oxygen atoms in total. The van der Waals surface area contributed by atoms with Crippen LogP contribution in [0.3, 0.4) is 0 Å². The van der Waals surface area contributed by atoms with Crippen molar-refractivity contribution in [3.8, 4) is 34.4 Å². The minimum absolute atomic E-state index is 0.244. The van der Waals surface area contributed by atoms with Crippen molar-refractivity contribution < 1.29 is 13.6 Å². The van der Waals surface area contributed by atoms with Crippen molar-refractivity contribution in [3.05, 3.63) is 118 Å². The molecule has 0 aliphatic carbocycles. The number of hydrogen-bond acceptors (Lipinski definition) is 7. The van der Waals surface area contributed by atoms with E-state index in [4.69, 9.17) is 13.6 Å². The molecule has 0 saturated heterocycles. The van der Waals surface area contributed by atoms with Crippen molar-refractivity contribution in [1.29, 1.82) is 0 Å². The van der Waals surface area contributed by atoms with Crippen LogP contribution in [0.2, 0.25) is 0 Å². The second kappa shape index (κ2) is 8.39. The van der Waals surface area contributed by atoms with E-state index < -0.39 is 11.3 Å². The van der Waals surface area contributed by atoms with Crippen LogP contribution in [0.15, 0.2) is 115 Å². The SMILES string of the molecule is O=c1oc(-c2ccc(Oc3ccc(-c4nc5ccccc5c(=O)o4)cc3)cc2)nc2ccccc12. The molecular weight excluding hydrogens is 444 g/mol. The Bertz CT molecular complexity index is 1670. The van der Waals surface area contributed by atoms with Crippen molar-refractivity contribution in [3.63, 3.8) is 0 Å². The number of ether oxygens (including phenoxy) is 1. The van der Waals surface area contributed by atoms with Crippen LogP contribution in [-0.4, -0.2) is 9.97 Å². The van der Waals surface area contributed by atoms with Crippen molar-refractivity contribution in [2.75, 3.05) is 0 Å². The second-order valence-corrected chi connectivity index (χ2v) is 7.80.